The number of benzene rings is 1. The molecular formula is C16H23N3O3. The van der Waals surface area contributed by atoms with Gasteiger partial charge in [0, 0.05) is 0 Å². The molecule has 0 radical (unpaired) electrons. The van der Waals surface area contributed by atoms with Crippen LogP contribution in [-0.2, 0) is 15.1 Å². The number of piperidine rings is 1. The fourth-order valence-electron chi connectivity index (χ4n) is 2.72. The Labute approximate surface area is 130 Å². The van der Waals surface area contributed by atoms with Crippen LogP contribution in [0.4, 0.5) is 4.79 Å². The first-order valence-electron chi connectivity index (χ1n) is 7.64. The van der Waals surface area contributed by atoms with Gasteiger partial charge in [-0.3, -0.25) is 4.79 Å². The van der Waals surface area contributed by atoms with Crippen molar-refractivity contribution >= 4 is 12.0 Å². The maximum atomic E-state index is 12.1. The van der Waals surface area contributed by atoms with Crippen molar-refractivity contribution in [3.05, 3.63) is 35.9 Å². The number of carbonyl (C=O) groups excluding carboxylic acids is 2. The van der Waals surface area contributed by atoms with Crippen LogP contribution < -0.4 is 16.0 Å². The topological polar surface area (TPSA) is 79.5 Å². The SMILES string of the molecule is CCOC(=O)CNC(=O)NC1(c2ccccc2)CCNCC1. The van der Waals surface area contributed by atoms with Gasteiger partial charge < -0.3 is 20.7 Å². The minimum atomic E-state index is -0.434. The molecule has 0 aliphatic carbocycles. The van der Waals surface area contributed by atoms with Gasteiger partial charge in [0.1, 0.15) is 6.54 Å². The summed E-state index contributed by atoms with van der Waals surface area (Å²) in [7, 11) is 0. The van der Waals surface area contributed by atoms with Crippen LogP contribution in [0, 0.1) is 0 Å². The summed E-state index contributed by atoms with van der Waals surface area (Å²) in [4.78, 5) is 23.5. The number of hydrogen-bond acceptors (Lipinski definition) is 4. The highest BCUT2D eigenvalue weighted by Gasteiger charge is 2.35. The second-order valence-corrected chi connectivity index (χ2v) is 5.31. The zero-order valence-electron chi connectivity index (χ0n) is 12.9. The standard InChI is InChI=1S/C16H23N3O3/c1-2-22-14(20)12-18-15(21)19-16(8-10-17-11-9-16)13-6-4-3-5-7-13/h3-7,17H,2,8-12H2,1H3,(H2,18,19,21). The summed E-state index contributed by atoms with van der Waals surface area (Å²) >= 11 is 0. The number of rotatable bonds is 5. The van der Waals surface area contributed by atoms with Crippen LogP contribution in [0.15, 0.2) is 30.3 Å². The summed E-state index contributed by atoms with van der Waals surface area (Å²) in [6.45, 7) is 3.60. The summed E-state index contributed by atoms with van der Waals surface area (Å²) < 4.78 is 4.80. The van der Waals surface area contributed by atoms with Gasteiger partial charge in [0.2, 0.25) is 0 Å². The van der Waals surface area contributed by atoms with Crippen LogP contribution in [0.2, 0.25) is 0 Å². The molecule has 0 bridgehead atoms. The van der Waals surface area contributed by atoms with E-state index in [0.29, 0.717) is 6.61 Å². The van der Waals surface area contributed by atoms with Crippen molar-refractivity contribution in [2.24, 2.45) is 0 Å². The van der Waals surface area contributed by atoms with E-state index in [1.807, 2.05) is 30.3 Å². The second-order valence-electron chi connectivity index (χ2n) is 5.31. The van der Waals surface area contributed by atoms with Gasteiger partial charge >= 0.3 is 12.0 Å². The van der Waals surface area contributed by atoms with Gasteiger partial charge in [0.05, 0.1) is 12.1 Å². The molecule has 3 N–H and O–H groups in total. The Balaban J connectivity index is 2.01. The van der Waals surface area contributed by atoms with E-state index in [2.05, 4.69) is 16.0 Å². The minimum absolute atomic E-state index is 0.122. The van der Waals surface area contributed by atoms with Crippen molar-refractivity contribution in [3.8, 4) is 0 Å². The molecule has 6 heteroatoms. The van der Waals surface area contributed by atoms with E-state index in [9.17, 15) is 9.59 Å². The number of carbonyl (C=O) groups is 2. The van der Waals surface area contributed by atoms with Crippen LogP contribution >= 0.6 is 0 Å². The van der Waals surface area contributed by atoms with Gasteiger partial charge in [-0.25, -0.2) is 4.79 Å². The summed E-state index contributed by atoms with van der Waals surface area (Å²) in [5.41, 5.74) is 0.688. The number of urea groups is 1. The first-order valence-corrected chi connectivity index (χ1v) is 7.64. The third-order valence-corrected chi connectivity index (χ3v) is 3.83. The Morgan fingerprint density at radius 2 is 1.91 bits per heavy atom. The summed E-state index contributed by atoms with van der Waals surface area (Å²) in [6, 6.07) is 9.60. The highest BCUT2D eigenvalue weighted by atomic mass is 16.5. The molecule has 0 spiro atoms. The fourth-order valence-corrected chi connectivity index (χ4v) is 2.72. The van der Waals surface area contributed by atoms with Crippen LogP contribution in [0.3, 0.4) is 0 Å². The zero-order valence-corrected chi connectivity index (χ0v) is 12.9. The highest BCUT2D eigenvalue weighted by Crippen LogP contribution is 2.30. The van der Waals surface area contributed by atoms with Crippen molar-refractivity contribution in [2.75, 3.05) is 26.2 Å². The maximum absolute atomic E-state index is 12.1. The molecule has 2 rings (SSSR count). The summed E-state index contributed by atoms with van der Waals surface area (Å²) in [5, 5.41) is 8.92. The predicted octanol–water partition coefficient (Wildman–Crippen LogP) is 1.13. The van der Waals surface area contributed by atoms with Gasteiger partial charge in [0.15, 0.2) is 0 Å². The molecule has 120 valence electrons. The molecule has 1 heterocycles. The Kier molecular flexibility index (Phi) is 5.77. The molecule has 0 saturated carbocycles. The monoisotopic (exact) mass is 305 g/mol. The average molecular weight is 305 g/mol. The van der Waals surface area contributed by atoms with Gasteiger partial charge in [-0.05, 0) is 38.4 Å². The number of nitrogens with one attached hydrogen (secondary N) is 3. The molecule has 1 aromatic carbocycles. The Morgan fingerprint density at radius 1 is 1.23 bits per heavy atom. The van der Waals surface area contributed by atoms with Gasteiger partial charge in [-0.2, -0.15) is 0 Å². The Morgan fingerprint density at radius 3 is 2.55 bits per heavy atom. The largest absolute Gasteiger partial charge is 0.465 e. The first kappa shape index (κ1) is 16.3. The van der Waals surface area contributed by atoms with Gasteiger partial charge in [-0.1, -0.05) is 30.3 Å². The van der Waals surface area contributed by atoms with E-state index in [-0.39, 0.29) is 12.6 Å². The van der Waals surface area contributed by atoms with E-state index in [4.69, 9.17) is 4.74 Å². The lowest BCUT2D eigenvalue weighted by Crippen LogP contribution is -2.55. The quantitative estimate of drug-likeness (QED) is 0.713. The van der Waals surface area contributed by atoms with Crippen LogP contribution in [0.5, 0.6) is 0 Å². The third kappa shape index (κ3) is 4.21. The van der Waals surface area contributed by atoms with Crippen molar-refractivity contribution in [1.29, 1.82) is 0 Å². The van der Waals surface area contributed by atoms with E-state index >= 15 is 0 Å². The highest BCUT2D eigenvalue weighted by molar-refractivity contribution is 5.81. The lowest BCUT2D eigenvalue weighted by atomic mass is 9.81. The van der Waals surface area contributed by atoms with Gasteiger partial charge in [-0.15, -0.1) is 0 Å². The van der Waals surface area contributed by atoms with Crippen molar-refractivity contribution < 1.29 is 14.3 Å². The molecule has 1 fully saturated rings. The van der Waals surface area contributed by atoms with Crippen molar-refractivity contribution in [2.45, 2.75) is 25.3 Å². The number of ether oxygens (including phenoxy) is 1. The van der Waals surface area contributed by atoms with E-state index in [1.54, 1.807) is 6.92 Å². The smallest absolute Gasteiger partial charge is 0.325 e. The summed E-state index contributed by atoms with van der Waals surface area (Å²) in [5.74, 6) is -0.434. The van der Waals surface area contributed by atoms with Crippen LogP contribution in [0.25, 0.3) is 0 Å². The van der Waals surface area contributed by atoms with E-state index < -0.39 is 11.5 Å². The lowest BCUT2D eigenvalue weighted by molar-refractivity contribution is -0.141. The number of amides is 2. The Hall–Kier alpha value is -2.08. The molecule has 1 saturated heterocycles. The first-order chi connectivity index (χ1) is 10.7. The number of hydrogen-bond donors (Lipinski definition) is 3. The molecule has 6 nitrogen and oxygen atoms in total. The normalized spacial score (nSPS) is 16.6. The molecule has 1 aliphatic rings. The second kappa shape index (κ2) is 7.79. The fraction of sp³-hybridized carbons (Fsp3) is 0.500. The van der Waals surface area contributed by atoms with Crippen LogP contribution in [0.1, 0.15) is 25.3 Å². The van der Waals surface area contributed by atoms with E-state index in [0.717, 1.165) is 31.5 Å². The maximum Gasteiger partial charge on any atom is 0.325 e. The van der Waals surface area contributed by atoms with Crippen molar-refractivity contribution in [3.63, 3.8) is 0 Å². The molecule has 22 heavy (non-hydrogen) atoms. The molecule has 0 aromatic heterocycles. The number of esters is 1. The molecule has 1 aromatic rings. The van der Waals surface area contributed by atoms with E-state index in [1.165, 1.54) is 0 Å². The molecule has 1 aliphatic heterocycles. The molecule has 2 amide bonds. The van der Waals surface area contributed by atoms with Gasteiger partial charge in [0.25, 0.3) is 0 Å². The Bertz CT molecular complexity index is 499. The molecule has 0 unspecified atom stereocenters. The molecular weight excluding hydrogens is 282 g/mol. The van der Waals surface area contributed by atoms with Crippen molar-refractivity contribution in [1.82, 2.24) is 16.0 Å². The predicted molar refractivity (Wildman–Crippen MR) is 83.4 cm³/mol. The van der Waals surface area contributed by atoms with Crippen LogP contribution in [-0.4, -0.2) is 38.2 Å². The third-order valence-electron chi connectivity index (χ3n) is 3.83. The summed E-state index contributed by atoms with van der Waals surface area (Å²) in [6.07, 6.45) is 1.62. The average Bonchev–Trinajstić information content (AvgIpc) is 2.55. The minimum Gasteiger partial charge on any atom is -0.465 e. The zero-order chi connectivity index (χ0) is 15.8. The molecule has 0 atom stereocenters. The lowest BCUT2D eigenvalue weighted by Gasteiger charge is -2.39.